The van der Waals surface area contributed by atoms with Gasteiger partial charge < -0.3 is 10.4 Å². The number of hydrogen-bond donors (Lipinski definition) is 2. The predicted octanol–water partition coefficient (Wildman–Crippen LogP) is 4.46. The van der Waals surface area contributed by atoms with E-state index in [2.05, 4.69) is 5.32 Å². The maximum Gasteiger partial charge on any atom is 0.419 e. The molecular formula is C14H8ClF4NO2. The fraction of sp³-hybridized carbons (Fsp3) is 0.0714. The Morgan fingerprint density at radius 2 is 1.86 bits per heavy atom. The summed E-state index contributed by atoms with van der Waals surface area (Å²) >= 11 is 5.64. The number of hydrogen-bond acceptors (Lipinski definition) is 2. The molecule has 0 radical (unpaired) electrons. The van der Waals surface area contributed by atoms with Crippen LogP contribution in [0.4, 0.5) is 23.2 Å². The van der Waals surface area contributed by atoms with Crippen LogP contribution in [0.15, 0.2) is 36.4 Å². The summed E-state index contributed by atoms with van der Waals surface area (Å²) in [6, 6.07) is 6.01. The van der Waals surface area contributed by atoms with Gasteiger partial charge in [-0.1, -0.05) is 17.7 Å². The quantitative estimate of drug-likeness (QED) is 0.797. The molecule has 0 unspecified atom stereocenters. The monoisotopic (exact) mass is 333 g/mol. The van der Waals surface area contributed by atoms with E-state index in [0.717, 1.165) is 6.07 Å². The number of anilines is 1. The van der Waals surface area contributed by atoms with Gasteiger partial charge in [-0.15, -0.1) is 0 Å². The Kier molecular flexibility index (Phi) is 4.27. The topological polar surface area (TPSA) is 49.3 Å². The van der Waals surface area contributed by atoms with Crippen molar-refractivity contribution in [3.05, 3.63) is 58.4 Å². The number of alkyl halides is 3. The molecule has 0 aliphatic heterocycles. The number of amides is 1. The molecule has 22 heavy (non-hydrogen) atoms. The number of phenolic OH excluding ortho intramolecular Hbond substituents is 1. The zero-order chi connectivity index (χ0) is 16.5. The van der Waals surface area contributed by atoms with E-state index in [1.54, 1.807) is 0 Å². The first kappa shape index (κ1) is 16.1. The second-order valence-electron chi connectivity index (χ2n) is 4.28. The second kappa shape index (κ2) is 5.84. The molecule has 0 saturated heterocycles. The molecule has 0 aliphatic rings. The summed E-state index contributed by atoms with van der Waals surface area (Å²) in [5.41, 5.74) is -1.98. The minimum atomic E-state index is -4.89. The summed E-state index contributed by atoms with van der Waals surface area (Å²) in [7, 11) is 0. The standard InChI is InChI=1S/C14H8ClF4NO2/c15-10-3-1-2-8(12(10)21)13(22)20-7-4-5-11(16)9(6-7)14(17,18)19/h1-6,21H,(H,20,22). The molecule has 0 spiro atoms. The van der Waals surface area contributed by atoms with Crippen molar-refractivity contribution in [2.45, 2.75) is 6.18 Å². The third kappa shape index (κ3) is 3.30. The fourth-order valence-electron chi connectivity index (χ4n) is 1.72. The number of halogens is 5. The largest absolute Gasteiger partial charge is 0.506 e. The van der Waals surface area contributed by atoms with Crippen LogP contribution in [0.3, 0.4) is 0 Å². The molecule has 116 valence electrons. The second-order valence-corrected chi connectivity index (χ2v) is 4.69. The highest BCUT2D eigenvalue weighted by molar-refractivity contribution is 6.32. The molecular weight excluding hydrogens is 326 g/mol. The number of carbonyl (C=O) groups excluding carboxylic acids is 1. The van der Waals surface area contributed by atoms with Gasteiger partial charge in [0.25, 0.3) is 5.91 Å². The first-order valence-corrected chi connectivity index (χ1v) is 6.23. The minimum absolute atomic E-state index is 0.0808. The number of benzene rings is 2. The van der Waals surface area contributed by atoms with Gasteiger partial charge in [-0.3, -0.25) is 4.79 Å². The Balaban J connectivity index is 2.31. The number of rotatable bonds is 2. The highest BCUT2D eigenvalue weighted by atomic mass is 35.5. The van der Waals surface area contributed by atoms with Crippen molar-refractivity contribution in [1.82, 2.24) is 0 Å². The Labute approximate surface area is 127 Å². The van der Waals surface area contributed by atoms with Gasteiger partial charge in [-0.2, -0.15) is 13.2 Å². The van der Waals surface area contributed by atoms with Crippen molar-refractivity contribution in [2.75, 3.05) is 5.32 Å². The van der Waals surface area contributed by atoms with Gasteiger partial charge in [0.1, 0.15) is 11.6 Å². The molecule has 8 heteroatoms. The van der Waals surface area contributed by atoms with Crippen LogP contribution in [0.25, 0.3) is 0 Å². The summed E-state index contributed by atoms with van der Waals surface area (Å²) in [5.74, 6) is -2.82. The maximum atomic E-state index is 13.2. The van der Waals surface area contributed by atoms with E-state index in [-0.39, 0.29) is 16.3 Å². The number of carbonyl (C=O) groups is 1. The average molecular weight is 334 g/mol. The van der Waals surface area contributed by atoms with Crippen LogP contribution in [-0.4, -0.2) is 11.0 Å². The van der Waals surface area contributed by atoms with Crippen LogP contribution in [-0.2, 0) is 6.18 Å². The lowest BCUT2D eigenvalue weighted by molar-refractivity contribution is -0.139. The summed E-state index contributed by atoms with van der Waals surface area (Å²) in [4.78, 5) is 11.9. The molecule has 0 heterocycles. The van der Waals surface area contributed by atoms with Gasteiger partial charge in [-0.25, -0.2) is 4.39 Å². The molecule has 0 aromatic heterocycles. The van der Waals surface area contributed by atoms with Crippen LogP contribution in [0.2, 0.25) is 5.02 Å². The number of para-hydroxylation sites is 1. The zero-order valence-electron chi connectivity index (χ0n) is 10.7. The number of phenols is 1. The highest BCUT2D eigenvalue weighted by Gasteiger charge is 2.34. The highest BCUT2D eigenvalue weighted by Crippen LogP contribution is 2.33. The fourth-order valence-corrected chi connectivity index (χ4v) is 1.89. The van der Waals surface area contributed by atoms with E-state index in [4.69, 9.17) is 11.6 Å². The Hall–Kier alpha value is -2.28. The summed E-state index contributed by atoms with van der Waals surface area (Å²) < 4.78 is 50.9. The molecule has 0 bridgehead atoms. The maximum absolute atomic E-state index is 13.2. The average Bonchev–Trinajstić information content (AvgIpc) is 2.42. The molecule has 3 nitrogen and oxygen atoms in total. The van der Waals surface area contributed by atoms with Crippen LogP contribution < -0.4 is 5.32 Å². The van der Waals surface area contributed by atoms with Crippen molar-refractivity contribution in [2.24, 2.45) is 0 Å². The summed E-state index contributed by atoms with van der Waals surface area (Å²) in [6.07, 6.45) is -4.89. The molecule has 0 aliphatic carbocycles. The van der Waals surface area contributed by atoms with E-state index >= 15 is 0 Å². The van der Waals surface area contributed by atoms with Gasteiger partial charge >= 0.3 is 6.18 Å². The van der Waals surface area contributed by atoms with E-state index in [0.29, 0.717) is 12.1 Å². The van der Waals surface area contributed by atoms with Crippen molar-refractivity contribution in [3.8, 4) is 5.75 Å². The van der Waals surface area contributed by atoms with Crippen molar-refractivity contribution >= 4 is 23.2 Å². The molecule has 0 saturated carbocycles. The normalized spacial score (nSPS) is 11.3. The lowest BCUT2D eigenvalue weighted by Crippen LogP contribution is -2.14. The third-order valence-corrected chi connectivity index (χ3v) is 3.07. The van der Waals surface area contributed by atoms with E-state index in [9.17, 15) is 27.5 Å². The first-order chi connectivity index (χ1) is 10.2. The van der Waals surface area contributed by atoms with Crippen LogP contribution in [0.1, 0.15) is 15.9 Å². The van der Waals surface area contributed by atoms with E-state index < -0.39 is 29.2 Å². The lowest BCUT2D eigenvalue weighted by atomic mass is 10.1. The first-order valence-electron chi connectivity index (χ1n) is 5.85. The number of aromatic hydroxyl groups is 1. The molecule has 2 aromatic rings. The molecule has 0 fully saturated rings. The van der Waals surface area contributed by atoms with Gasteiger partial charge in [0, 0.05) is 5.69 Å². The van der Waals surface area contributed by atoms with Crippen LogP contribution in [0, 0.1) is 5.82 Å². The van der Waals surface area contributed by atoms with Crippen molar-refractivity contribution in [1.29, 1.82) is 0 Å². The molecule has 2 N–H and O–H groups in total. The summed E-state index contributed by atoms with van der Waals surface area (Å²) in [6.45, 7) is 0. The van der Waals surface area contributed by atoms with Gasteiger partial charge in [0.05, 0.1) is 16.1 Å². The van der Waals surface area contributed by atoms with Crippen molar-refractivity contribution < 1.29 is 27.5 Å². The zero-order valence-corrected chi connectivity index (χ0v) is 11.5. The SMILES string of the molecule is O=C(Nc1ccc(F)c(C(F)(F)F)c1)c1cccc(Cl)c1O. The predicted molar refractivity (Wildman–Crippen MR) is 72.5 cm³/mol. The smallest absolute Gasteiger partial charge is 0.419 e. The third-order valence-electron chi connectivity index (χ3n) is 2.76. The molecule has 2 aromatic carbocycles. The van der Waals surface area contributed by atoms with Gasteiger partial charge in [0.2, 0.25) is 0 Å². The van der Waals surface area contributed by atoms with Gasteiger partial charge in [-0.05, 0) is 30.3 Å². The van der Waals surface area contributed by atoms with Crippen LogP contribution in [0.5, 0.6) is 5.75 Å². The van der Waals surface area contributed by atoms with Crippen molar-refractivity contribution in [3.63, 3.8) is 0 Å². The Bertz CT molecular complexity index is 731. The van der Waals surface area contributed by atoms with Gasteiger partial charge in [0.15, 0.2) is 0 Å². The van der Waals surface area contributed by atoms with E-state index in [1.807, 2.05) is 0 Å². The minimum Gasteiger partial charge on any atom is -0.506 e. The molecule has 1 amide bonds. The lowest BCUT2D eigenvalue weighted by Gasteiger charge is -2.11. The van der Waals surface area contributed by atoms with Crippen LogP contribution >= 0.6 is 11.6 Å². The molecule has 2 rings (SSSR count). The summed E-state index contributed by atoms with van der Waals surface area (Å²) in [5, 5.41) is 11.7. The molecule has 0 atom stereocenters. The Morgan fingerprint density at radius 3 is 2.50 bits per heavy atom. The van der Waals surface area contributed by atoms with E-state index in [1.165, 1.54) is 18.2 Å². The Morgan fingerprint density at radius 1 is 1.18 bits per heavy atom. The number of nitrogens with one attached hydrogen (secondary N) is 1.